The summed E-state index contributed by atoms with van der Waals surface area (Å²) in [7, 11) is 0. The molecule has 2 N–H and O–H groups in total. The third kappa shape index (κ3) is 4.18. The molecule has 0 amide bonds. The molecule has 0 atom stereocenters. The Labute approximate surface area is 215 Å². The van der Waals surface area contributed by atoms with E-state index in [0.717, 1.165) is 59.1 Å². The molecule has 194 valence electrons. The maximum atomic E-state index is 13.8. The van der Waals surface area contributed by atoms with Crippen LogP contribution in [0, 0.1) is 5.41 Å². The summed E-state index contributed by atoms with van der Waals surface area (Å²) < 4.78 is 35.4. The van der Waals surface area contributed by atoms with E-state index in [-0.39, 0.29) is 25.9 Å². The molecule has 7 nitrogen and oxygen atoms in total. The summed E-state index contributed by atoms with van der Waals surface area (Å²) in [5.41, 5.74) is 12.4. The van der Waals surface area contributed by atoms with Crippen LogP contribution in [0.3, 0.4) is 0 Å². The Balaban J connectivity index is 1.20. The van der Waals surface area contributed by atoms with Crippen molar-refractivity contribution in [1.29, 1.82) is 0 Å². The second-order valence-corrected chi connectivity index (χ2v) is 11.2. The van der Waals surface area contributed by atoms with Gasteiger partial charge in [-0.3, -0.25) is 0 Å². The zero-order chi connectivity index (χ0) is 25.2. The summed E-state index contributed by atoms with van der Waals surface area (Å²) in [6.07, 6.45) is 9.49. The lowest BCUT2D eigenvalue weighted by molar-refractivity contribution is -0.0222. The van der Waals surface area contributed by atoms with E-state index in [4.69, 9.17) is 20.6 Å². The van der Waals surface area contributed by atoms with Gasteiger partial charge in [-0.2, -0.15) is 5.10 Å². The van der Waals surface area contributed by atoms with Crippen molar-refractivity contribution in [2.75, 3.05) is 48.3 Å². The summed E-state index contributed by atoms with van der Waals surface area (Å²) >= 11 is 0. The van der Waals surface area contributed by atoms with Gasteiger partial charge < -0.3 is 20.3 Å². The van der Waals surface area contributed by atoms with E-state index in [9.17, 15) is 8.78 Å². The lowest BCUT2D eigenvalue weighted by Gasteiger charge is -2.35. The molecule has 1 aliphatic carbocycles. The van der Waals surface area contributed by atoms with E-state index >= 15 is 0 Å². The van der Waals surface area contributed by atoms with Gasteiger partial charge in [-0.25, -0.2) is 18.4 Å². The molecule has 3 aromatic rings. The quantitative estimate of drug-likeness (QED) is 0.499. The maximum Gasteiger partial charge on any atom is 0.251 e. The van der Waals surface area contributed by atoms with E-state index in [1.807, 2.05) is 34.1 Å². The Morgan fingerprint density at radius 3 is 2.41 bits per heavy atom. The Morgan fingerprint density at radius 1 is 0.892 bits per heavy atom. The number of hydrogen-bond acceptors (Lipinski definition) is 6. The van der Waals surface area contributed by atoms with Crippen LogP contribution in [0.4, 0.5) is 26.0 Å². The largest absolute Gasteiger partial charge is 0.489 e. The first-order valence-corrected chi connectivity index (χ1v) is 13.4. The summed E-state index contributed by atoms with van der Waals surface area (Å²) in [5, 5.41) is 4.71. The number of alkyl halides is 2. The molecule has 3 fully saturated rings. The number of halogens is 2. The van der Waals surface area contributed by atoms with Crippen LogP contribution in [0.25, 0.3) is 16.9 Å². The van der Waals surface area contributed by atoms with Crippen molar-refractivity contribution < 1.29 is 13.5 Å². The second kappa shape index (κ2) is 8.33. The average Bonchev–Trinajstić information content (AvgIpc) is 3.27. The summed E-state index contributed by atoms with van der Waals surface area (Å²) in [6, 6.07) is 8.06. The van der Waals surface area contributed by atoms with Crippen molar-refractivity contribution in [3.63, 3.8) is 0 Å². The first-order valence-electron chi connectivity index (χ1n) is 13.4. The zero-order valence-electron chi connectivity index (χ0n) is 20.9. The molecule has 3 aliphatic heterocycles. The molecule has 1 aromatic carbocycles. The first-order chi connectivity index (χ1) is 17.9. The molecule has 0 radical (unpaired) electrons. The Hall–Kier alpha value is -3.36. The van der Waals surface area contributed by atoms with Crippen LogP contribution in [0.15, 0.2) is 36.7 Å². The van der Waals surface area contributed by atoms with Crippen molar-refractivity contribution in [2.24, 2.45) is 5.41 Å². The number of nitrogens with zero attached hydrogens (tertiary/aromatic N) is 5. The number of anilines is 3. The van der Waals surface area contributed by atoms with Crippen LogP contribution in [0.5, 0.6) is 5.75 Å². The van der Waals surface area contributed by atoms with Gasteiger partial charge >= 0.3 is 0 Å². The number of fused-ring (bicyclic) bond motifs is 1. The van der Waals surface area contributed by atoms with Gasteiger partial charge in [0.15, 0.2) is 11.6 Å². The molecule has 4 aliphatic rings. The Morgan fingerprint density at radius 2 is 1.65 bits per heavy atom. The first kappa shape index (κ1) is 22.8. The number of nitrogen functional groups attached to an aromatic ring is 1. The van der Waals surface area contributed by atoms with Crippen molar-refractivity contribution in [2.45, 2.75) is 50.9 Å². The smallest absolute Gasteiger partial charge is 0.251 e. The normalized spacial score (nSPS) is 21.7. The highest BCUT2D eigenvalue weighted by molar-refractivity contribution is 5.71. The Bertz CT molecular complexity index is 1330. The monoisotopic (exact) mass is 506 g/mol. The van der Waals surface area contributed by atoms with Gasteiger partial charge in [0, 0.05) is 68.5 Å². The molecule has 0 unspecified atom stereocenters. The summed E-state index contributed by atoms with van der Waals surface area (Å²) in [6.45, 7) is 3.20. The van der Waals surface area contributed by atoms with Crippen molar-refractivity contribution in [1.82, 2.24) is 14.8 Å². The topological polar surface area (TPSA) is 72.4 Å². The number of pyridine rings is 1. The number of nitrogens with two attached hydrogens (primary N) is 1. The molecule has 1 spiro atoms. The van der Waals surface area contributed by atoms with Crippen molar-refractivity contribution in [3.05, 3.63) is 42.2 Å². The molecule has 5 heterocycles. The fourth-order valence-electron chi connectivity index (χ4n) is 6.06. The van der Waals surface area contributed by atoms with Crippen LogP contribution in [-0.4, -0.2) is 53.5 Å². The summed E-state index contributed by atoms with van der Waals surface area (Å²) in [5.74, 6) is -1.20. The van der Waals surface area contributed by atoms with Gasteiger partial charge in [0.2, 0.25) is 0 Å². The number of piperidine rings is 2. The van der Waals surface area contributed by atoms with Crippen molar-refractivity contribution >= 4 is 17.2 Å². The highest BCUT2D eigenvalue weighted by Gasteiger charge is 2.44. The van der Waals surface area contributed by atoms with Crippen LogP contribution >= 0.6 is 0 Å². The SMILES string of the molecule is Nc1ccc(-n2cc(-c3cc4c(c(N5CCC(F)(F)CC5)n3)OCC4)cn2)c(N2CCC3(CC2)CC3)c1. The minimum atomic E-state index is -2.61. The molecule has 0 bridgehead atoms. The van der Waals surface area contributed by atoms with Gasteiger partial charge in [-0.15, -0.1) is 0 Å². The molecule has 1 saturated carbocycles. The van der Waals surface area contributed by atoms with Gasteiger partial charge in [-0.05, 0) is 55.4 Å². The lowest BCUT2D eigenvalue weighted by Crippen LogP contribution is -2.40. The Kier molecular flexibility index (Phi) is 5.13. The molecule has 2 saturated heterocycles. The van der Waals surface area contributed by atoms with Gasteiger partial charge in [0.25, 0.3) is 5.92 Å². The zero-order valence-corrected chi connectivity index (χ0v) is 20.9. The minimum Gasteiger partial charge on any atom is -0.489 e. The fourth-order valence-corrected chi connectivity index (χ4v) is 6.06. The molecule has 9 heteroatoms. The molecular weight excluding hydrogens is 474 g/mol. The van der Waals surface area contributed by atoms with Crippen LogP contribution in [0.1, 0.15) is 44.1 Å². The van der Waals surface area contributed by atoms with Crippen LogP contribution in [-0.2, 0) is 6.42 Å². The van der Waals surface area contributed by atoms with E-state index in [0.29, 0.717) is 17.8 Å². The van der Waals surface area contributed by atoms with Gasteiger partial charge in [0.1, 0.15) is 0 Å². The van der Waals surface area contributed by atoms with Crippen molar-refractivity contribution in [3.8, 4) is 22.7 Å². The average molecular weight is 507 g/mol. The van der Waals surface area contributed by atoms with Crippen LogP contribution in [0.2, 0.25) is 0 Å². The molecule has 2 aromatic heterocycles. The number of benzene rings is 1. The van der Waals surface area contributed by atoms with Gasteiger partial charge in [-0.1, -0.05) is 0 Å². The predicted molar refractivity (Wildman–Crippen MR) is 140 cm³/mol. The van der Waals surface area contributed by atoms with E-state index in [1.165, 1.54) is 25.7 Å². The number of rotatable bonds is 4. The van der Waals surface area contributed by atoms with Gasteiger partial charge in [0.05, 0.1) is 29.9 Å². The molecule has 7 rings (SSSR count). The second-order valence-electron chi connectivity index (χ2n) is 11.2. The van der Waals surface area contributed by atoms with E-state index < -0.39 is 5.92 Å². The highest BCUT2D eigenvalue weighted by Crippen LogP contribution is 2.54. The molecular formula is C28H32F2N6O. The van der Waals surface area contributed by atoms with E-state index in [1.54, 1.807) is 0 Å². The third-order valence-electron chi connectivity index (χ3n) is 8.69. The van der Waals surface area contributed by atoms with Crippen LogP contribution < -0.4 is 20.3 Å². The minimum absolute atomic E-state index is 0.164. The predicted octanol–water partition coefficient (Wildman–Crippen LogP) is 5.07. The number of hydrogen-bond donors (Lipinski definition) is 1. The summed E-state index contributed by atoms with van der Waals surface area (Å²) in [4.78, 5) is 9.29. The third-order valence-corrected chi connectivity index (χ3v) is 8.69. The highest BCUT2D eigenvalue weighted by atomic mass is 19.3. The fraction of sp³-hybridized carbons (Fsp3) is 0.500. The number of ether oxygens (including phenoxy) is 1. The van der Waals surface area contributed by atoms with E-state index in [2.05, 4.69) is 17.0 Å². The number of aromatic nitrogens is 3. The lowest BCUT2D eigenvalue weighted by atomic mass is 9.93. The standard InChI is InChI=1S/C28H32F2N6O/c29-28(30)8-12-35(13-9-28)26-25-19(3-14-37-25)15-22(33-26)20-17-32-36(18-20)23-2-1-21(31)16-24(23)34-10-6-27(4-5-27)7-11-34/h1-2,15-18H,3-14,31H2. The molecule has 37 heavy (non-hydrogen) atoms. The maximum absolute atomic E-state index is 13.8.